The standard InChI is InChI=1S/C20H21FN6O3/c1-11-3-4-13-7-12(21)8-20(2,25-13)15-10-30-19(29)27(15)16-5-6-26-17(24-16)14(9-22-26)18(28)23-11/h5-7,9,11,15H,3-4,8,10H2,1-2H3,(H,23,28)/t11-,15+,20?/m0/s1. The van der Waals surface area contributed by atoms with Gasteiger partial charge < -0.3 is 10.1 Å². The molecule has 9 nitrogen and oxygen atoms in total. The zero-order valence-corrected chi connectivity index (χ0v) is 16.6. The Labute approximate surface area is 171 Å². The summed E-state index contributed by atoms with van der Waals surface area (Å²) in [6, 6.07) is 0.937. The molecule has 5 heterocycles. The normalized spacial score (nSPS) is 29.1. The molecule has 0 aliphatic carbocycles. The van der Waals surface area contributed by atoms with Crippen LogP contribution in [0.15, 0.2) is 35.4 Å². The molecule has 2 amide bonds. The maximum Gasteiger partial charge on any atom is 0.416 e. The van der Waals surface area contributed by atoms with Crippen molar-refractivity contribution in [1.82, 2.24) is 19.9 Å². The number of anilines is 1. The molecule has 1 fully saturated rings. The Balaban J connectivity index is 1.68. The zero-order valence-electron chi connectivity index (χ0n) is 16.6. The molecule has 3 atom stereocenters. The third-order valence-corrected chi connectivity index (χ3v) is 5.90. The number of ether oxygens (including phenoxy) is 1. The van der Waals surface area contributed by atoms with Gasteiger partial charge in [0, 0.05) is 24.4 Å². The molecule has 0 radical (unpaired) electrons. The van der Waals surface area contributed by atoms with Crippen LogP contribution in [0.3, 0.4) is 0 Å². The van der Waals surface area contributed by atoms with E-state index in [0.29, 0.717) is 35.6 Å². The van der Waals surface area contributed by atoms with Gasteiger partial charge in [0.1, 0.15) is 29.9 Å². The summed E-state index contributed by atoms with van der Waals surface area (Å²) in [7, 11) is 0. The first-order valence-electron chi connectivity index (χ1n) is 9.90. The van der Waals surface area contributed by atoms with Crippen LogP contribution in [0, 0.1) is 0 Å². The van der Waals surface area contributed by atoms with Crippen LogP contribution in [0.1, 0.15) is 43.5 Å². The number of halogens is 1. The number of rotatable bonds is 0. The van der Waals surface area contributed by atoms with Crippen molar-refractivity contribution in [3.8, 4) is 0 Å². The monoisotopic (exact) mass is 412 g/mol. The van der Waals surface area contributed by atoms with Crippen LogP contribution in [0.2, 0.25) is 0 Å². The fraction of sp³-hybridized carbons (Fsp3) is 0.450. The summed E-state index contributed by atoms with van der Waals surface area (Å²) in [5.74, 6) is -0.286. The molecule has 10 heteroatoms. The number of hydrogen-bond acceptors (Lipinski definition) is 6. The third kappa shape index (κ3) is 2.94. The number of nitrogens with one attached hydrogen (secondary N) is 1. The highest BCUT2D eigenvalue weighted by Crippen LogP contribution is 2.37. The van der Waals surface area contributed by atoms with E-state index in [1.54, 1.807) is 12.3 Å². The van der Waals surface area contributed by atoms with Gasteiger partial charge in [-0.25, -0.2) is 18.7 Å². The number of cyclic esters (lactones) is 1. The second-order valence-electron chi connectivity index (χ2n) is 8.22. The van der Waals surface area contributed by atoms with Crippen LogP contribution in [0.25, 0.3) is 5.65 Å². The first-order chi connectivity index (χ1) is 14.3. The summed E-state index contributed by atoms with van der Waals surface area (Å²) in [4.78, 5) is 36.1. The highest BCUT2D eigenvalue weighted by atomic mass is 19.1. The fourth-order valence-electron chi connectivity index (χ4n) is 4.32. The Bertz CT molecular complexity index is 1120. The van der Waals surface area contributed by atoms with Gasteiger partial charge in [0.25, 0.3) is 5.91 Å². The molecule has 1 N–H and O–H groups in total. The molecule has 2 aromatic rings. The minimum absolute atomic E-state index is 0.0702. The largest absolute Gasteiger partial charge is 0.447 e. The van der Waals surface area contributed by atoms with Crippen LogP contribution in [-0.2, 0) is 4.74 Å². The van der Waals surface area contributed by atoms with Gasteiger partial charge in [0.2, 0.25) is 0 Å². The van der Waals surface area contributed by atoms with Crippen molar-refractivity contribution in [3.63, 3.8) is 0 Å². The lowest BCUT2D eigenvalue weighted by molar-refractivity contribution is 0.0940. The molecule has 156 valence electrons. The Kier molecular flexibility index (Phi) is 4.12. The van der Waals surface area contributed by atoms with E-state index >= 15 is 0 Å². The van der Waals surface area contributed by atoms with Crippen molar-refractivity contribution in [2.75, 3.05) is 11.5 Å². The Morgan fingerprint density at radius 2 is 2.20 bits per heavy atom. The number of aromatic nitrogens is 3. The highest BCUT2D eigenvalue weighted by molar-refractivity contribution is 6.00. The molecule has 3 aliphatic heterocycles. The molecule has 5 rings (SSSR count). The number of aliphatic imine (C=N–C) groups is 1. The lowest BCUT2D eigenvalue weighted by Gasteiger charge is -2.37. The van der Waals surface area contributed by atoms with Crippen molar-refractivity contribution in [2.45, 2.75) is 50.7 Å². The summed E-state index contributed by atoms with van der Waals surface area (Å²) >= 11 is 0. The first-order valence-corrected chi connectivity index (χ1v) is 9.90. The number of carbonyl (C=O) groups is 2. The van der Waals surface area contributed by atoms with E-state index in [0.717, 1.165) is 0 Å². The summed E-state index contributed by atoms with van der Waals surface area (Å²) in [5, 5.41) is 7.12. The average Bonchev–Trinajstić information content (AvgIpc) is 3.28. The maximum atomic E-state index is 14.6. The topological polar surface area (TPSA) is 101 Å². The van der Waals surface area contributed by atoms with Crippen LogP contribution < -0.4 is 10.2 Å². The number of fused-ring (bicyclic) bond motifs is 5. The first kappa shape index (κ1) is 18.7. The van der Waals surface area contributed by atoms with E-state index in [1.807, 2.05) is 13.8 Å². The van der Waals surface area contributed by atoms with Gasteiger partial charge in [-0.15, -0.1) is 0 Å². The van der Waals surface area contributed by atoms with Crippen molar-refractivity contribution in [1.29, 1.82) is 0 Å². The number of allylic oxidation sites excluding steroid dienone is 1. The Morgan fingerprint density at radius 3 is 3.03 bits per heavy atom. The van der Waals surface area contributed by atoms with E-state index in [1.165, 1.54) is 21.7 Å². The van der Waals surface area contributed by atoms with E-state index in [-0.39, 0.29) is 30.8 Å². The summed E-state index contributed by atoms with van der Waals surface area (Å²) in [6.45, 7) is 3.80. The summed E-state index contributed by atoms with van der Waals surface area (Å²) in [5.41, 5.74) is 0.359. The fourth-order valence-corrected chi connectivity index (χ4v) is 4.32. The van der Waals surface area contributed by atoms with Crippen molar-refractivity contribution >= 4 is 29.2 Å². The molecule has 30 heavy (non-hydrogen) atoms. The van der Waals surface area contributed by atoms with Crippen LogP contribution in [-0.4, -0.2) is 56.5 Å². The molecular formula is C20H21FN6O3. The molecule has 1 saturated heterocycles. The third-order valence-electron chi connectivity index (χ3n) is 5.90. The van der Waals surface area contributed by atoms with Gasteiger partial charge in [0.05, 0.1) is 11.7 Å². The van der Waals surface area contributed by atoms with Crippen molar-refractivity contribution in [2.24, 2.45) is 4.99 Å². The van der Waals surface area contributed by atoms with Crippen molar-refractivity contribution < 1.29 is 18.7 Å². The van der Waals surface area contributed by atoms with Crippen molar-refractivity contribution in [3.05, 3.63) is 35.9 Å². The molecule has 0 aromatic carbocycles. The molecule has 4 bridgehead atoms. The molecule has 1 unspecified atom stereocenters. The van der Waals surface area contributed by atoms with Gasteiger partial charge in [-0.05, 0) is 38.8 Å². The Morgan fingerprint density at radius 1 is 1.37 bits per heavy atom. The number of nitrogens with zero attached hydrogens (tertiary/aromatic N) is 5. The van der Waals surface area contributed by atoms with E-state index in [2.05, 4.69) is 15.4 Å². The SMILES string of the molecule is C[C@H]1CCC2=NC(C)(CC(F)=C2)[C@H]2COC(=O)N2c2ccn3ncc(c3n2)C(=O)N1. The van der Waals surface area contributed by atoms with Gasteiger partial charge in [-0.1, -0.05) is 0 Å². The second-order valence-corrected chi connectivity index (χ2v) is 8.22. The predicted octanol–water partition coefficient (Wildman–Crippen LogP) is 2.42. The smallest absolute Gasteiger partial charge is 0.416 e. The van der Waals surface area contributed by atoms with E-state index in [9.17, 15) is 14.0 Å². The number of carbonyl (C=O) groups excluding carboxylic acids is 2. The Hall–Kier alpha value is -3.30. The minimum atomic E-state index is -0.895. The summed E-state index contributed by atoms with van der Waals surface area (Å²) in [6.07, 6.45) is 5.12. The van der Waals surface area contributed by atoms with Crippen LogP contribution in [0.5, 0.6) is 0 Å². The van der Waals surface area contributed by atoms with Crippen LogP contribution in [0.4, 0.5) is 15.0 Å². The van der Waals surface area contributed by atoms with E-state index in [4.69, 9.17) is 9.73 Å². The number of hydrogen-bond donors (Lipinski definition) is 1. The number of amides is 2. The lowest BCUT2D eigenvalue weighted by atomic mass is 9.85. The lowest BCUT2D eigenvalue weighted by Crippen LogP contribution is -2.51. The minimum Gasteiger partial charge on any atom is -0.447 e. The molecule has 0 saturated carbocycles. The summed E-state index contributed by atoms with van der Waals surface area (Å²) < 4.78 is 21.4. The van der Waals surface area contributed by atoms with Gasteiger partial charge in [-0.3, -0.25) is 14.7 Å². The van der Waals surface area contributed by atoms with Gasteiger partial charge in [-0.2, -0.15) is 5.10 Å². The maximum absolute atomic E-state index is 14.6. The number of dihydropyridines is 1. The zero-order chi connectivity index (χ0) is 21.0. The second kappa shape index (κ2) is 6.61. The van der Waals surface area contributed by atoms with Gasteiger partial charge in [0.15, 0.2) is 5.65 Å². The predicted molar refractivity (Wildman–Crippen MR) is 106 cm³/mol. The average molecular weight is 412 g/mol. The van der Waals surface area contributed by atoms with Gasteiger partial charge >= 0.3 is 6.09 Å². The van der Waals surface area contributed by atoms with Crippen LogP contribution >= 0.6 is 0 Å². The molecule has 0 spiro atoms. The molecular weight excluding hydrogens is 391 g/mol. The highest BCUT2D eigenvalue weighted by Gasteiger charge is 2.48. The molecule has 2 aromatic heterocycles. The molecule has 3 aliphatic rings. The quantitative estimate of drug-likeness (QED) is 0.716. The van der Waals surface area contributed by atoms with E-state index < -0.39 is 17.7 Å².